The first-order chi connectivity index (χ1) is 9.38. The summed E-state index contributed by atoms with van der Waals surface area (Å²) in [5, 5.41) is 19.1. The first-order valence-electron chi connectivity index (χ1n) is 6.96. The summed E-state index contributed by atoms with van der Waals surface area (Å²) in [5.74, 6) is -1.38. The van der Waals surface area contributed by atoms with Crippen LogP contribution in [-0.2, 0) is 4.79 Å². The Morgan fingerprint density at radius 2 is 2.10 bits per heavy atom. The number of carboxylic acids is 1. The lowest BCUT2D eigenvalue weighted by atomic mass is 9.73. The highest BCUT2D eigenvalue weighted by atomic mass is 16.4. The fourth-order valence-corrected chi connectivity index (χ4v) is 3.05. The smallest absolute Gasteiger partial charge is 0.329 e. The number of hydrogen-bond donors (Lipinski definition) is 3. The van der Waals surface area contributed by atoms with E-state index in [2.05, 4.69) is 15.5 Å². The van der Waals surface area contributed by atoms with Crippen molar-refractivity contribution in [3.63, 3.8) is 0 Å². The van der Waals surface area contributed by atoms with Crippen LogP contribution >= 0.6 is 0 Å². The van der Waals surface area contributed by atoms with E-state index in [0.717, 1.165) is 19.3 Å². The molecule has 6 heteroatoms. The summed E-state index contributed by atoms with van der Waals surface area (Å²) in [6, 6.07) is 0. The summed E-state index contributed by atoms with van der Waals surface area (Å²) < 4.78 is 0. The number of carbonyl (C=O) groups is 2. The number of amides is 1. The largest absolute Gasteiger partial charge is 0.479 e. The summed E-state index contributed by atoms with van der Waals surface area (Å²) in [6.45, 7) is 5.38. The Bertz CT molecular complexity index is 518. The zero-order chi connectivity index (χ0) is 14.9. The summed E-state index contributed by atoms with van der Waals surface area (Å²) in [7, 11) is 0. The van der Waals surface area contributed by atoms with E-state index in [1.165, 1.54) is 0 Å². The zero-order valence-electron chi connectivity index (χ0n) is 12.1. The Labute approximate surface area is 118 Å². The molecule has 20 heavy (non-hydrogen) atoms. The van der Waals surface area contributed by atoms with Gasteiger partial charge in [0.2, 0.25) is 0 Å². The fraction of sp³-hybridized carbons (Fsp3) is 0.643. The molecule has 0 spiro atoms. The van der Waals surface area contributed by atoms with E-state index in [9.17, 15) is 14.7 Å². The van der Waals surface area contributed by atoms with Crippen LogP contribution in [0.4, 0.5) is 0 Å². The van der Waals surface area contributed by atoms with Gasteiger partial charge in [-0.15, -0.1) is 0 Å². The second-order valence-electron chi connectivity index (χ2n) is 5.69. The van der Waals surface area contributed by atoms with Crippen molar-refractivity contribution in [2.45, 2.75) is 52.0 Å². The van der Waals surface area contributed by atoms with Gasteiger partial charge in [-0.25, -0.2) is 4.79 Å². The molecule has 1 fully saturated rings. The van der Waals surface area contributed by atoms with E-state index in [4.69, 9.17) is 0 Å². The zero-order valence-corrected chi connectivity index (χ0v) is 12.1. The van der Waals surface area contributed by atoms with Gasteiger partial charge in [0.05, 0.1) is 11.3 Å². The average Bonchev–Trinajstić information content (AvgIpc) is 2.71. The summed E-state index contributed by atoms with van der Waals surface area (Å²) in [5.41, 5.74) is 0.530. The predicted octanol–water partition coefficient (Wildman–Crippen LogP) is 1.79. The van der Waals surface area contributed by atoms with Crippen LogP contribution in [0.5, 0.6) is 0 Å². The molecule has 1 amide bonds. The maximum absolute atomic E-state index is 12.4. The van der Waals surface area contributed by atoms with Crippen molar-refractivity contribution in [3.05, 3.63) is 17.0 Å². The molecule has 3 N–H and O–H groups in total. The van der Waals surface area contributed by atoms with Crippen LogP contribution in [0.1, 0.15) is 54.4 Å². The molecule has 0 radical (unpaired) electrons. The molecule has 2 atom stereocenters. The molecule has 1 heterocycles. The van der Waals surface area contributed by atoms with E-state index >= 15 is 0 Å². The second kappa shape index (κ2) is 5.26. The number of nitrogens with one attached hydrogen (secondary N) is 2. The van der Waals surface area contributed by atoms with E-state index in [1.54, 1.807) is 13.8 Å². The molecule has 2 rings (SSSR count). The molecule has 1 aromatic rings. The standard InChI is InChI=1S/C14H21N3O3/c1-8-6-4-5-7-14(8,13(19)20)15-12(18)11-9(2)16-17-10(11)3/h8H,4-7H2,1-3H3,(H,15,18)(H,16,17)(H,19,20). The normalized spacial score (nSPS) is 26.2. The third-order valence-corrected chi connectivity index (χ3v) is 4.37. The second-order valence-corrected chi connectivity index (χ2v) is 5.69. The number of aromatic amines is 1. The van der Waals surface area contributed by atoms with Crippen molar-refractivity contribution in [1.29, 1.82) is 0 Å². The number of aryl methyl sites for hydroxylation is 2. The Morgan fingerprint density at radius 3 is 2.60 bits per heavy atom. The number of nitrogens with zero attached hydrogens (tertiary/aromatic N) is 1. The highest BCUT2D eigenvalue weighted by Crippen LogP contribution is 2.34. The van der Waals surface area contributed by atoms with Gasteiger partial charge in [0.25, 0.3) is 5.91 Å². The number of carbonyl (C=O) groups excluding carboxylic acids is 1. The van der Waals surface area contributed by atoms with Crippen LogP contribution in [0, 0.1) is 19.8 Å². The van der Waals surface area contributed by atoms with E-state index in [0.29, 0.717) is 23.4 Å². The number of aromatic nitrogens is 2. The van der Waals surface area contributed by atoms with Crippen LogP contribution < -0.4 is 5.32 Å². The van der Waals surface area contributed by atoms with Gasteiger partial charge in [0, 0.05) is 5.69 Å². The third-order valence-electron chi connectivity index (χ3n) is 4.37. The molecule has 110 valence electrons. The van der Waals surface area contributed by atoms with Crippen molar-refractivity contribution < 1.29 is 14.7 Å². The van der Waals surface area contributed by atoms with Crippen molar-refractivity contribution in [3.8, 4) is 0 Å². The first kappa shape index (κ1) is 14.6. The molecule has 2 unspecified atom stereocenters. The molecule has 0 saturated heterocycles. The Kier molecular flexibility index (Phi) is 3.83. The summed E-state index contributed by atoms with van der Waals surface area (Å²) in [4.78, 5) is 24.2. The lowest BCUT2D eigenvalue weighted by Crippen LogP contribution is -2.60. The van der Waals surface area contributed by atoms with Crippen LogP contribution in [0.2, 0.25) is 0 Å². The van der Waals surface area contributed by atoms with Crippen LogP contribution in [0.3, 0.4) is 0 Å². The Hall–Kier alpha value is -1.85. The molecule has 1 saturated carbocycles. The van der Waals surface area contributed by atoms with Gasteiger partial charge >= 0.3 is 5.97 Å². The average molecular weight is 279 g/mol. The monoisotopic (exact) mass is 279 g/mol. The number of rotatable bonds is 3. The highest BCUT2D eigenvalue weighted by Gasteiger charge is 2.46. The van der Waals surface area contributed by atoms with Crippen LogP contribution in [-0.4, -0.2) is 32.7 Å². The topological polar surface area (TPSA) is 95.1 Å². The van der Waals surface area contributed by atoms with Gasteiger partial charge in [-0.2, -0.15) is 5.10 Å². The maximum atomic E-state index is 12.4. The quantitative estimate of drug-likeness (QED) is 0.786. The van der Waals surface area contributed by atoms with Crippen LogP contribution in [0.25, 0.3) is 0 Å². The van der Waals surface area contributed by atoms with E-state index in [1.807, 2.05) is 6.92 Å². The highest BCUT2D eigenvalue weighted by molar-refractivity contribution is 5.99. The number of carboxylic acid groups (broad SMARTS) is 1. The minimum Gasteiger partial charge on any atom is -0.479 e. The lowest BCUT2D eigenvalue weighted by molar-refractivity contribution is -0.148. The molecule has 6 nitrogen and oxygen atoms in total. The van der Waals surface area contributed by atoms with Gasteiger partial charge in [0.1, 0.15) is 5.54 Å². The predicted molar refractivity (Wildman–Crippen MR) is 73.5 cm³/mol. The summed E-state index contributed by atoms with van der Waals surface area (Å²) >= 11 is 0. The molecule has 0 aliphatic heterocycles. The summed E-state index contributed by atoms with van der Waals surface area (Å²) in [6.07, 6.45) is 3.12. The van der Waals surface area contributed by atoms with Gasteiger partial charge in [-0.3, -0.25) is 9.89 Å². The van der Waals surface area contributed by atoms with Gasteiger partial charge in [-0.05, 0) is 32.6 Å². The van der Waals surface area contributed by atoms with Crippen LogP contribution in [0.15, 0.2) is 0 Å². The minimum absolute atomic E-state index is 0.0785. The number of H-pyrrole nitrogens is 1. The minimum atomic E-state index is -1.16. The SMILES string of the molecule is Cc1n[nH]c(C)c1C(=O)NC1(C(=O)O)CCCCC1C. The third kappa shape index (κ3) is 2.30. The number of hydrogen-bond acceptors (Lipinski definition) is 3. The molecule has 1 aliphatic rings. The van der Waals surface area contributed by atoms with Crippen molar-refractivity contribution >= 4 is 11.9 Å². The molecule has 1 aliphatic carbocycles. The maximum Gasteiger partial charge on any atom is 0.329 e. The van der Waals surface area contributed by atoms with Gasteiger partial charge in [0.15, 0.2) is 0 Å². The molecule has 1 aromatic heterocycles. The molecular weight excluding hydrogens is 258 g/mol. The lowest BCUT2D eigenvalue weighted by Gasteiger charge is -2.39. The number of aliphatic carboxylic acids is 1. The van der Waals surface area contributed by atoms with E-state index < -0.39 is 11.5 Å². The molecule has 0 bridgehead atoms. The first-order valence-corrected chi connectivity index (χ1v) is 6.96. The van der Waals surface area contributed by atoms with E-state index in [-0.39, 0.29) is 11.8 Å². The Balaban J connectivity index is 2.29. The molecule has 0 aromatic carbocycles. The van der Waals surface area contributed by atoms with Crippen molar-refractivity contribution in [1.82, 2.24) is 15.5 Å². The van der Waals surface area contributed by atoms with Crippen molar-refractivity contribution in [2.75, 3.05) is 0 Å². The van der Waals surface area contributed by atoms with Gasteiger partial charge in [-0.1, -0.05) is 19.8 Å². The molecular formula is C14H21N3O3. The van der Waals surface area contributed by atoms with Gasteiger partial charge < -0.3 is 10.4 Å². The fourth-order valence-electron chi connectivity index (χ4n) is 3.05. The Morgan fingerprint density at radius 1 is 1.40 bits per heavy atom. The van der Waals surface area contributed by atoms with Crippen molar-refractivity contribution in [2.24, 2.45) is 5.92 Å².